The molecule has 1 fully saturated rings. The molecule has 2 heterocycles. The van der Waals surface area contributed by atoms with Gasteiger partial charge in [-0.1, -0.05) is 12.1 Å². The Morgan fingerprint density at radius 2 is 1.87 bits per heavy atom. The third-order valence-corrected chi connectivity index (χ3v) is 5.17. The topological polar surface area (TPSA) is 57.5 Å². The standard InChI is InChI=1S/C21H28F4N6/c1-3-26-20(27-12-16-14-30(2)29-19(16)21(23,24)25)28-18-8-10-31(11-9-18)13-15-4-6-17(22)7-5-15/h4-7,14,18H,3,8-13H2,1-2H3,(H2,26,27,28). The lowest BCUT2D eigenvalue weighted by molar-refractivity contribution is -0.142. The fourth-order valence-electron chi connectivity index (χ4n) is 3.65. The molecule has 0 radical (unpaired) electrons. The van der Waals surface area contributed by atoms with Crippen LogP contribution in [0.3, 0.4) is 0 Å². The van der Waals surface area contributed by atoms with Crippen LogP contribution in [0.4, 0.5) is 17.6 Å². The molecule has 0 amide bonds. The molecule has 1 aliphatic heterocycles. The van der Waals surface area contributed by atoms with Gasteiger partial charge in [-0.05, 0) is 37.5 Å². The van der Waals surface area contributed by atoms with E-state index in [0.717, 1.165) is 42.7 Å². The molecule has 0 spiro atoms. The number of nitrogens with zero attached hydrogens (tertiary/aromatic N) is 4. The minimum absolute atomic E-state index is 0.0429. The molecular formula is C21H28F4N6. The van der Waals surface area contributed by atoms with Gasteiger partial charge in [0.1, 0.15) is 5.82 Å². The van der Waals surface area contributed by atoms with Gasteiger partial charge in [-0.25, -0.2) is 9.38 Å². The van der Waals surface area contributed by atoms with Crippen LogP contribution in [-0.2, 0) is 26.3 Å². The fourth-order valence-corrected chi connectivity index (χ4v) is 3.65. The third-order valence-electron chi connectivity index (χ3n) is 5.17. The molecule has 0 atom stereocenters. The van der Waals surface area contributed by atoms with E-state index in [2.05, 4.69) is 25.6 Å². The van der Waals surface area contributed by atoms with Gasteiger partial charge < -0.3 is 10.6 Å². The smallest absolute Gasteiger partial charge is 0.357 e. The zero-order chi connectivity index (χ0) is 22.4. The van der Waals surface area contributed by atoms with Crippen LogP contribution in [0, 0.1) is 5.82 Å². The van der Waals surface area contributed by atoms with E-state index >= 15 is 0 Å². The first-order valence-electron chi connectivity index (χ1n) is 10.4. The normalized spacial score (nSPS) is 16.5. The lowest BCUT2D eigenvalue weighted by Gasteiger charge is -2.33. The molecule has 0 bridgehead atoms. The van der Waals surface area contributed by atoms with Crippen LogP contribution in [0.25, 0.3) is 0 Å². The number of piperidine rings is 1. The van der Waals surface area contributed by atoms with Gasteiger partial charge in [0, 0.05) is 51.0 Å². The highest BCUT2D eigenvalue weighted by Gasteiger charge is 2.36. The molecule has 6 nitrogen and oxygen atoms in total. The lowest BCUT2D eigenvalue weighted by Crippen LogP contribution is -2.48. The number of alkyl halides is 3. The first-order chi connectivity index (χ1) is 14.7. The second-order valence-electron chi connectivity index (χ2n) is 7.69. The van der Waals surface area contributed by atoms with E-state index in [1.165, 1.54) is 25.4 Å². The maximum absolute atomic E-state index is 13.1. The summed E-state index contributed by atoms with van der Waals surface area (Å²) in [5.41, 5.74) is 0.213. The zero-order valence-electron chi connectivity index (χ0n) is 17.7. The Morgan fingerprint density at radius 1 is 1.19 bits per heavy atom. The molecule has 0 saturated carbocycles. The highest BCUT2D eigenvalue weighted by atomic mass is 19.4. The second kappa shape index (κ2) is 10.1. The molecule has 10 heteroatoms. The molecule has 0 aliphatic carbocycles. The van der Waals surface area contributed by atoms with E-state index in [0.29, 0.717) is 12.5 Å². The SMILES string of the molecule is CCNC(=NCc1cn(C)nc1C(F)(F)F)NC1CCN(Cc2ccc(F)cc2)CC1. The molecule has 3 rings (SSSR count). The summed E-state index contributed by atoms with van der Waals surface area (Å²) >= 11 is 0. The number of rotatable bonds is 6. The van der Waals surface area contributed by atoms with Crippen molar-refractivity contribution in [1.29, 1.82) is 0 Å². The number of likely N-dealkylation sites (tertiary alicyclic amines) is 1. The van der Waals surface area contributed by atoms with Crippen LogP contribution in [-0.4, -0.2) is 46.3 Å². The summed E-state index contributed by atoms with van der Waals surface area (Å²) < 4.78 is 53.6. The first kappa shape index (κ1) is 23.1. The van der Waals surface area contributed by atoms with Crippen molar-refractivity contribution in [2.45, 2.75) is 45.1 Å². The summed E-state index contributed by atoms with van der Waals surface area (Å²) in [7, 11) is 1.46. The Morgan fingerprint density at radius 3 is 2.48 bits per heavy atom. The fraction of sp³-hybridized carbons (Fsp3) is 0.524. The predicted molar refractivity (Wildman–Crippen MR) is 111 cm³/mol. The van der Waals surface area contributed by atoms with E-state index in [1.807, 2.05) is 6.92 Å². The molecule has 2 aromatic rings. The van der Waals surface area contributed by atoms with Gasteiger partial charge >= 0.3 is 6.18 Å². The van der Waals surface area contributed by atoms with Crippen LogP contribution < -0.4 is 10.6 Å². The molecule has 170 valence electrons. The van der Waals surface area contributed by atoms with Crippen LogP contribution >= 0.6 is 0 Å². The van der Waals surface area contributed by atoms with Crippen molar-refractivity contribution in [2.75, 3.05) is 19.6 Å². The molecule has 2 N–H and O–H groups in total. The van der Waals surface area contributed by atoms with Gasteiger partial charge in [0.15, 0.2) is 11.7 Å². The number of hydrogen-bond donors (Lipinski definition) is 2. The molecule has 1 aliphatic rings. The van der Waals surface area contributed by atoms with Crippen molar-refractivity contribution in [2.24, 2.45) is 12.0 Å². The largest absolute Gasteiger partial charge is 0.435 e. The van der Waals surface area contributed by atoms with Crippen molar-refractivity contribution >= 4 is 5.96 Å². The number of benzene rings is 1. The molecule has 1 aromatic carbocycles. The average molecular weight is 440 g/mol. The van der Waals surface area contributed by atoms with E-state index in [-0.39, 0.29) is 24.0 Å². The van der Waals surface area contributed by atoms with E-state index in [1.54, 1.807) is 12.1 Å². The Bertz CT molecular complexity index is 867. The third kappa shape index (κ3) is 6.68. The maximum Gasteiger partial charge on any atom is 0.435 e. The van der Waals surface area contributed by atoms with Gasteiger partial charge in [-0.15, -0.1) is 0 Å². The average Bonchev–Trinajstić information content (AvgIpc) is 3.11. The zero-order valence-corrected chi connectivity index (χ0v) is 17.7. The van der Waals surface area contributed by atoms with E-state index < -0.39 is 11.9 Å². The van der Waals surface area contributed by atoms with Crippen molar-refractivity contribution in [3.63, 3.8) is 0 Å². The van der Waals surface area contributed by atoms with Gasteiger partial charge in [0.25, 0.3) is 0 Å². The van der Waals surface area contributed by atoms with Crippen LogP contribution in [0.5, 0.6) is 0 Å². The van der Waals surface area contributed by atoms with Crippen molar-refractivity contribution in [3.05, 3.63) is 53.1 Å². The maximum atomic E-state index is 13.1. The predicted octanol–water partition coefficient (Wildman–Crippen LogP) is 3.30. The molecule has 1 saturated heterocycles. The van der Waals surface area contributed by atoms with E-state index in [4.69, 9.17) is 0 Å². The van der Waals surface area contributed by atoms with Gasteiger partial charge in [-0.2, -0.15) is 18.3 Å². The number of hydrogen-bond acceptors (Lipinski definition) is 3. The summed E-state index contributed by atoms with van der Waals surface area (Å²) in [6.07, 6.45) is -1.39. The summed E-state index contributed by atoms with van der Waals surface area (Å²) in [5.74, 6) is 0.256. The number of guanidine groups is 1. The van der Waals surface area contributed by atoms with Crippen molar-refractivity contribution < 1.29 is 17.6 Å². The highest BCUT2D eigenvalue weighted by Crippen LogP contribution is 2.30. The monoisotopic (exact) mass is 440 g/mol. The van der Waals surface area contributed by atoms with E-state index in [9.17, 15) is 17.6 Å². The Kier molecular flexibility index (Phi) is 7.53. The molecule has 31 heavy (non-hydrogen) atoms. The summed E-state index contributed by atoms with van der Waals surface area (Å²) in [4.78, 5) is 6.66. The second-order valence-corrected chi connectivity index (χ2v) is 7.69. The number of aryl methyl sites for hydroxylation is 1. The quantitative estimate of drug-likeness (QED) is 0.411. The van der Waals surface area contributed by atoms with Crippen molar-refractivity contribution in [3.8, 4) is 0 Å². The molecule has 0 unspecified atom stereocenters. The number of aromatic nitrogens is 2. The van der Waals surface area contributed by atoms with Crippen molar-refractivity contribution in [1.82, 2.24) is 25.3 Å². The summed E-state index contributed by atoms with van der Waals surface area (Å²) in [6, 6.07) is 6.70. The van der Waals surface area contributed by atoms with Gasteiger partial charge in [0.2, 0.25) is 0 Å². The Balaban J connectivity index is 1.55. The van der Waals surface area contributed by atoms with Crippen LogP contribution in [0.2, 0.25) is 0 Å². The molecular weight excluding hydrogens is 412 g/mol. The minimum Gasteiger partial charge on any atom is -0.357 e. The minimum atomic E-state index is -4.50. The van der Waals surface area contributed by atoms with Gasteiger partial charge in [-0.3, -0.25) is 9.58 Å². The summed E-state index contributed by atoms with van der Waals surface area (Å²) in [5, 5.41) is 9.97. The number of aliphatic imine (C=N–C) groups is 1. The lowest BCUT2D eigenvalue weighted by atomic mass is 10.0. The van der Waals surface area contributed by atoms with Gasteiger partial charge in [0.05, 0.1) is 6.54 Å². The first-order valence-corrected chi connectivity index (χ1v) is 10.4. The Hall–Kier alpha value is -2.62. The Labute approximate surface area is 179 Å². The highest BCUT2D eigenvalue weighted by molar-refractivity contribution is 5.80. The van der Waals surface area contributed by atoms with Crippen LogP contribution in [0.15, 0.2) is 35.5 Å². The summed E-state index contributed by atoms with van der Waals surface area (Å²) in [6.45, 7) is 4.91. The number of nitrogens with one attached hydrogen (secondary N) is 2. The number of halogens is 4. The molecule has 1 aromatic heterocycles. The van der Waals surface area contributed by atoms with Crippen LogP contribution in [0.1, 0.15) is 36.6 Å².